The van der Waals surface area contributed by atoms with E-state index in [4.69, 9.17) is 10.5 Å². The van der Waals surface area contributed by atoms with Gasteiger partial charge in [0.15, 0.2) is 0 Å². The lowest BCUT2D eigenvalue weighted by atomic mass is 10.2. The van der Waals surface area contributed by atoms with Gasteiger partial charge in [-0.3, -0.25) is 0 Å². The molecule has 0 bridgehead atoms. The molecular weight excluding hydrogens is 266 g/mol. The molecule has 2 nitrogen and oxygen atoms in total. The van der Waals surface area contributed by atoms with Crippen LogP contribution in [0.15, 0.2) is 46.9 Å². The van der Waals surface area contributed by atoms with E-state index in [-0.39, 0.29) is 0 Å². The largest absolute Gasteiger partial charge is 0.456 e. The minimum atomic E-state index is 0.747. The second kappa shape index (κ2) is 4.58. The summed E-state index contributed by atoms with van der Waals surface area (Å²) in [6.07, 6.45) is 0. The summed E-state index contributed by atoms with van der Waals surface area (Å²) in [7, 11) is 0. The van der Waals surface area contributed by atoms with Gasteiger partial charge in [0, 0.05) is 5.69 Å². The van der Waals surface area contributed by atoms with E-state index in [2.05, 4.69) is 15.9 Å². The molecule has 3 heteroatoms. The maximum absolute atomic E-state index is 5.79. The van der Waals surface area contributed by atoms with Crippen molar-refractivity contribution in [2.75, 3.05) is 5.73 Å². The first-order chi connectivity index (χ1) is 7.66. The first kappa shape index (κ1) is 11.0. The predicted octanol–water partition coefficient (Wildman–Crippen LogP) is 4.13. The number of anilines is 1. The van der Waals surface area contributed by atoms with Gasteiger partial charge in [-0.2, -0.15) is 0 Å². The van der Waals surface area contributed by atoms with Crippen LogP contribution in [0.1, 0.15) is 5.56 Å². The summed E-state index contributed by atoms with van der Waals surface area (Å²) < 4.78 is 6.73. The van der Waals surface area contributed by atoms with Crippen molar-refractivity contribution in [3.05, 3.63) is 52.5 Å². The van der Waals surface area contributed by atoms with Crippen LogP contribution in [-0.2, 0) is 0 Å². The lowest BCUT2D eigenvalue weighted by Gasteiger charge is -2.10. The lowest BCUT2D eigenvalue weighted by Crippen LogP contribution is -1.91. The maximum atomic E-state index is 5.79. The van der Waals surface area contributed by atoms with Crippen LogP contribution in [-0.4, -0.2) is 0 Å². The third-order valence-corrected chi connectivity index (χ3v) is 2.91. The van der Waals surface area contributed by atoms with E-state index in [1.807, 2.05) is 49.4 Å². The van der Waals surface area contributed by atoms with E-state index in [1.165, 1.54) is 0 Å². The number of aryl methyl sites for hydroxylation is 1. The third-order valence-electron chi connectivity index (χ3n) is 2.26. The van der Waals surface area contributed by atoms with Crippen molar-refractivity contribution in [3.63, 3.8) is 0 Å². The number of nitrogen functional groups attached to an aromatic ring is 1. The zero-order chi connectivity index (χ0) is 11.5. The Labute approximate surface area is 103 Å². The number of hydrogen-bond donors (Lipinski definition) is 1. The van der Waals surface area contributed by atoms with Crippen LogP contribution in [0.4, 0.5) is 5.69 Å². The average Bonchev–Trinajstić information content (AvgIpc) is 2.25. The fraction of sp³-hybridized carbons (Fsp3) is 0.0769. The number of hydrogen-bond acceptors (Lipinski definition) is 2. The van der Waals surface area contributed by atoms with Gasteiger partial charge in [0.1, 0.15) is 11.5 Å². The fourth-order valence-electron chi connectivity index (χ4n) is 1.43. The van der Waals surface area contributed by atoms with Crippen molar-refractivity contribution in [1.82, 2.24) is 0 Å². The Balaban J connectivity index is 2.31. The molecule has 0 unspecified atom stereocenters. The molecule has 0 saturated carbocycles. The highest BCUT2D eigenvalue weighted by Gasteiger charge is 2.04. The molecule has 82 valence electrons. The van der Waals surface area contributed by atoms with Gasteiger partial charge in [-0.15, -0.1) is 0 Å². The van der Waals surface area contributed by atoms with Gasteiger partial charge >= 0.3 is 0 Å². The Morgan fingerprint density at radius 3 is 2.50 bits per heavy atom. The molecule has 0 amide bonds. The van der Waals surface area contributed by atoms with Crippen LogP contribution >= 0.6 is 15.9 Å². The maximum Gasteiger partial charge on any atom is 0.141 e. The lowest BCUT2D eigenvalue weighted by molar-refractivity contribution is 0.476. The van der Waals surface area contributed by atoms with Crippen LogP contribution < -0.4 is 10.5 Å². The van der Waals surface area contributed by atoms with Crippen LogP contribution in [0.5, 0.6) is 11.5 Å². The van der Waals surface area contributed by atoms with Crippen LogP contribution in [0.3, 0.4) is 0 Å². The molecule has 0 fully saturated rings. The second-order valence-electron chi connectivity index (χ2n) is 3.56. The monoisotopic (exact) mass is 277 g/mol. The number of ether oxygens (including phenoxy) is 1. The minimum Gasteiger partial charge on any atom is -0.456 e. The summed E-state index contributed by atoms with van der Waals surface area (Å²) in [6, 6.07) is 13.4. The summed E-state index contributed by atoms with van der Waals surface area (Å²) in [4.78, 5) is 0. The molecule has 2 aromatic carbocycles. The van der Waals surface area contributed by atoms with Gasteiger partial charge in [-0.05, 0) is 58.7 Å². The van der Waals surface area contributed by atoms with E-state index in [9.17, 15) is 0 Å². The van der Waals surface area contributed by atoms with Gasteiger partial charge in [-0.1, -0.05) is 12.1 Å². The molecule has 0 aliphatic carbocycles. The van der Waals surface area contributed by atoms with Crippen LogP contribution in [0, 0.1) is 6.92 Å². The molecule has 2 aromatic rings. The number of para-hydroxylation sites is 1. The molecule has 0 spiro atoms. The summed E-state index contributed by atoms with van der Waals surface area (Å²) in [6.45, 7) is 1.97. The summed E-state index contributed by atoms with van der Waals surface area (Å²) in [5.74, 6) is 1.62. The van der Waals surface area contributed by atoms with Gasteiger partial charge in [0.25, 0.3) is 0 Å². The Hall–Kier alpha value is -1.48. The van der Waals surface area contributed by atoms with Crippen molar-refractivity contribution in [2.45, 2.75) is 6.92 Å². The zero-order valence-corrected chi connectivity index (χ0v) is 10.5. The van der Waals surface area contributed by atoms with E-state index in [0.717, 1.165) is 27.2 Å². The molecule has 0 saturated heterocycles. The summed E-state index contributed by atoms with van der Waals surface area (Å²) >= 11 is 3.44. The van der Waals surface area contributed by atoms with E-state index in [0.29, 0.717) is 0 Å². The van der Waals surface area contributed by atoms with Crippen molar-refractivity contribution >= 4 is 21.6 Å². The zero-order valence-electron chi connectivity index (χ0n) is 8.91. The molecule has 0 aliphatic rings. The average molecular weight is 278 g/mol. The van der Waals surface area contributed by atoms with E-state index < -0.39 is 0 Å². The van der Waals surface area contributed by atoms with Crippen molar-refractivity contribution in [2.24, 2.45) is 0 Å². The first-order valence-electron chi connectivity index (χ1n) is 4.95. The van der Waals surface area contributed by atoms with Crippen LogP contribution in [0.2, 0.25) is 0 Å². The molecule has 0 radical (unpaired) electrons. The highest BCUT2D eigenvalue weighted by molar-refractivity contribution is 9.10. The van der Waals surface area contributed by atoms with Gasteiger partial charge in [0.2, 0.25) is 0 Å². The van der Waals surface area contributed by atoms with Gasteiger partial charge in [0.05, 0.1) is 4.47 Å². The molecule has 16 heavy (non-hydrogen) atoms. The summed E-state index contributed by atoms with van der Waals surface area (Å²) in [5.41, 5.74) is 7.46. The smallest absolute Gasteiger partial charge is 0.141 e. The number of rotatable bonds is 2. The molecule has 0 atom stereocenters. The molecular formula is C13H12BrNO. The number of halogens is 1. The molecule has 2 N–H and O–H groups in total. The normalized spacial score (nSPS) is 10.1. The third kappa shape index (κ3) is 2.36. The highest BCUT2D eigenvalue weighted by atomic mass is 79.9. The van der Waals surface area contributed by atoms with Crippen molar-refractivity contribution in [3.8, 4) is 11.5 Å². The molecule has 0 heterocycles. The molecule has 0 aliphatic heterocycles. The number of benzene rings is 2. The minimum absolute atomic E-state index is 0.747. The molecule has 2 rings (SSSR count). The second-order valence-corrected chi connectivity index (χ2v) is 4.41. The number of nitrogens with two attached hydrogens (primary N) is 1. The fourth-order valence-corrected chi connectivity index (χ4v) is 1.80. The van der Waals surface area contributed by atoms with Crippen LogP contribution in [0.25, 0.3) is 0 Å². The van der Waals surface area contributed by atoms with E-state index in [1.54, 1.807) is 0 Å². The highest BCUT2D eigenvalue weighted by Crippen LogP contribution is 2.31. The first-order valence-corrected chi connectivity index (χ1v) is 5.74. The topological polar surface area (TPSA) is 35.2 Å². The Kier molecular flexibility index (Phi) is 3.15. The summed E-state index contributed by atoms with van der Waals surface area (Å²) in [5, 5.41) is 0. The van der Waals surface area contributed by atoms with E-state index >= 15 is 0 Å². The van der Waals surface area contributed by atoms with Crippen molar-refractivity contribution < 1.29 is 4.74 Å². The molecule has 0 aromatic heterocycles. The quantitative estimate of drug-likeness (QED) is 0.838. The Morgan fingerprint density at radius 1 is 1.06 bits per heavy atom. The van der Waals surface area contributed by atoms with Crippen molar-refractivity contribution in [1.29, 1.82) is 0 Å². The van der Waals surface area contributed by atoms with Gasteiger partial charge in [-0.25, -0.2) is 0 Å². The Bertz CT molecular complexity index is 511. The Morgan fingerprint density at radius 2 is 1.81 bits per heavy atom. The van der Waals surface area contributed by atoms with Gasteiger partial charge < -0.3 is 10.5 Å². The SMILES string of the molecule is Cc1cc(N)ccc1Oc1ccccc1Br. The standard InChI is InChI=1S/C13H12BrNO/c1-9-8-10(15)6-7-12(9)16-13-5-3-2-4-11(13)14/h2-8H,15H2,1H3. The predicted molar refractivity (Wildman–Crippen MR) is 69.8 cm³/mol.